The Hall–Kier alpha value is -1.39. The average Bonchev–Trinajstić information content (AvgIpc) is 2.96. The van der Waals surface area contributed by atoms with Crippen LogP contribution in [0.1, 0.15) is 12.0 Å². The highest BCUT2D eigenvalue weighted by molar-refractivity contribution is 5.78. The molecule has 3 rings (SSSR count). The molecule has 19 heavy (non-hydrogen) atoms. The smallest absolute Gasteiger partial charge is 0.315 e. The quantitative estimate of drug-likeness (QED) is 0.772. The molecule has 0 aromatic heterocycles. The van der Waals surface area contributed by atoms with E-state index in [0.717, 1.165) is 26.1 Å². The van der Waals surface area contributed by atoms with E-state index >= 15 is 0 Å². The summed E-state index contributed by atoms with van der Waals surface area (Å²) in [5.41, 5.74) is 0.825. The Balaban J connectivity index is 1.73. The summed E-state index contributed by atoms with van der Waals surface area (Å²) < 4.78 is 10.7. The SMILES string of the molecule is COC(=O)[C@]12CCO[C@H]1CN(Cc1ccccc1)C2. The van der Waals surface area contributed by atoms with Gasteiger partial charge in [0.2, 0.25) is 0 Å². The van der Waals surface area contributed by atoms with Crippen LogP contribution in [0.4, 0.5) is 0 Å². The third-order valence-corrected chi connectivity index (χ3v) is 4.25. The van der Waals surface area contributed by atoms with Gasteiger partial charge in [0, 0.05) is 26.2 Å². The highest BCUT2D eigenvalue weighted by atomic mass is 16.5. The standard InChI is InChI=1S/C15H19NO3/c1-18-14(17)15-7-8-19-13(15)10-16(11-15)9-12-5-3-2-4-6-12/h2-6,13H,7-11H2,1H3/t13-,15-/m0/s1. The van der Waals surface area contributed by atoms with Crippen LogP contribution in [0.3, 0.4) is 0 Å². The Bertz CT molecular complexity index is 462. The number of methoxy groups -OCH3 is 1. The highest BCUT2D eigenvalue weighted by Gasteiger charge is 2.56. The number of hydrogen-bond acceptors (Lipinski definition) is 4. The molecule has 0 spiro atoms. The number of esters is 1. The fourth-order valence-electron chi connectivity index (χ4n) is 3.27. The Kier molecular flexibility index (Phi) is 3.29. The van der Waals surface area contributed by atoms with Crippen LogP contribution in [-0.2, 0) is 20.8 Å². The highest BCUT2D eigenvalue weighted by Crippen LogP contribution is 2.42. The normalized spacial score (nSPS) is 30.3. The summed E-state index contributed by atoms with van der Waals surface area (Å²) in [5.74, 6) is -0.120. The average molecular weight is 261 g/mol. The van der Waals surface area contributed by atoms with Crippen molar-refractivity contribution in [3.05, 3.63) is 35.9 Å². The minimum atomic E-state index is -0.441. The van der Waals surface area contributed by atoms with Crippen LogP contribution < -0.4 is 0 Å². The molecular weight excluding hydrogens is 242 g/mol. The van der Waals surface area contributed by atoms with Crippen molar-refractivity contribution in [2.75, 3.05) is 26.8 Å². The van der Waals surface area contributed by atoms with E-state index in [4.69, 9.17) is 9.47 Å². The minimum absolute atomic E-state index is 0.0105. The molecule has 0 unspecified atom stereocenters. The molecule has 0 amide bonds. The first kappa shape index (κ1) is 12.6. The lowest BCUT2D eigenvalue weighted by molar-refractivity contribution is -0.153. The Morgan fingerprint density at radius 1 is 1.47 bits per heavy atom. The van der Waals surface area contributed by atoms with Crippen molar-refractivity contribution < 1.29 is 14.3 Å². The third-order valence-electron chi connectivity index (χ3n) is 4.25. The predicted molar refractivity (Wildman–Crippen MR) is 70.5 cm³/mol. The van der Waals surface area contributed by atoms with E-state index < -0.39 is 5.41 Å². The molecule has 2 aliphatic rings. The summed E-state index contributed by atoms with van der Waals surface area (Å²) >= 11 is 0. The van der Waals surface area contributed by atoms with Crippen molar-refractivity contribution in [3.63, 3.8) is 0 Å². The maximum atomic E-state index is 12.1. The van der Waals surface area contributed by atoms with Crippen molar-refractivity contribution in [2.24, 2.45) is 5.41 Å². The first-order valence-corrected chi connectivity index (χ1v) is 6.71. The molecular formula is C15H19NO3. The summed E-state index contributed by atoms with van der Waals surface area (Å²) in [6, 6.07) is 10.3. The number of rotatable bonds is 3. The maximum Gasteiger partial charge on any atom is 0.315 e. The van der Waals surface area contributed by atoms with Gasteiger partial charge in [0.25, 0.3) is 0 Å². The first-order chi connectivity index (χ1) is 9.24. The van der Waals surface area contributed by atoms with Gasteiger partial charge < -0.3 is 9.47 Å². The van der Waals surface area contributed by atoms with Crippen LogP contribution in [0.2, 0.25) is 0 Å². The molecule has 0 aliphatic carbocycles. The van der Waals surface area contributed by atoms with Gasteiger partial charge in [-0.3, -0.25) is 9.69 Å². The van der Waals surface area contributed by atoms with Crippen LogP contribution in [0, 0.1) is 5.41 Å². The Labute approximate surface area is 113 Å². The summed E-state index contributed by atoms with van der Waals surface area (Å²) in [6.45, 7) is 3.07. The predicted octanol–water partition coefficient (Wildman–Crippen LogP) is 1.45. The molecule has 2 fully saturated rings. The summed E-state index contributed by atoms with van der Waals surface area (Å²) in [4.78, 5) is 14.4. The van der Waals surface area contributed by atoms with Gasteiger partial charge in [-0.2, -0.15) is 0 Å². The van der Waals surface area contributed by atoms with E-state index in [2.05, 4.69) is 17.0 Å². The van der Waals surface area contributed by atoms with Gasteiger partial charge in [-0.25, -0.2) is 0 Å². The maximum absolute atomic E-state index is 12.1. The number of ether oxygens (including phenoxy) is 2. The molecule has 2 saturated heterocycles. The summed E-state index contributed by atoms with van der Waals surface area (Å²) in [6.07, 6.45) is 0.763. The lowest BCUT2D eigenvalue weighted by atomic mass is 9.84. The molecule has 4 heteroatoms. The number of benzene rings is 1. The molecule has 2 heterocycles. The van der Waals surface area contributed by atoms with Crippen molar-refractivity contribution in [1.29, 1.82) is 0 Å². The fourth-order valence-corrected chi connectivity index (χ4v) is 3.27. The van der Waals surface area contributed by atoms with Gasteiger partial charge in [-0.15, -0.1) is 0 Å². The van der Waals surface area contributed by atoms with Crippen molar-refractivity contribution >= 4 is 5.97 Å². The van der Waals surface area contributed by atoms with Crippen molar-refractivity contribution in [1.82, 2.24) is 4.90 Å². The molecule has 0 radical (unpaired) electrons. The monoisotopic (exact) mass is 261 g/mol. The summed E-state index contributed by atoms with van der Waals surface area (Å²) in [5, 5.41) is 0. The Morgan fingerprint density at radius 3 is 3.00 bits per heavy atom. The van der Waals surface area contributed by atoms with Gasteiger partial charge in [-0.1, -0.05) is 30.3 Å². The van der Waals surface area contributed by atoms with Crippen LogP contribution in [0.5, 0.6) is 0 Å². The molecule has 2 atom stereocenters. The van der Waals surface area contributed by atoms with E-state index in [9.17, 15) is 4.79 Å². The van der Waals surface area contributed by atoms with Crippen LogP contribution >= 0.6 is 0 Å². The van der Waals surface area contributed by atoms with Gasteiger partial charge in [-0.05, 0) is 12.0 Å². The van der Waals surface area contributed by atoms with Crippen LogP contribution in [0.15, 0.2) is 30.3 Å². The van der Waals surface area contributed by atoms with E-state index in [0.29, 0.717) is 6.61 Å². The van der Waals surface area contributed by atoms with E-state index in [1.54, 1.807) is 0 Å². The lowest BCUT2D eigenvalue weighted by Gasteiger charge is -2.23. The number of likely N-dealkylation sites (tertiary alicyclic amines) is 1. The lowest BCUT2D eigenvalue weighted by Crippen LogP contribution is -2.39. The molecule has 102 valence electrons. The van der Waals surface area contributed by atoms with Crippen molar-refractivity contribution in [3.8, 4) is 0 Å². The van der Waals surface area contributed by atoms with Gasteiger partial charge in [0.1, 0.15) is 5.41 Å². The molecule has 4 nitrogen and oxygen atoms in total. The fraction of sp³-hybridized carbons (Fsp3) is 0.533. The number of hydrogen-bond donors (Lipinski definition) is 0. The first-order valence-electron chi connectivity index (χ1n) is 6.71. The van der Waals surface area contributed by atoms with Gasteiger partial charge in [0.05, 0.1) is 13.2 Å². The van der Waals surface area contributed by atoms with E-state index in [-0.39, 0.29) is 12.1 Å². The molecule has 0 bridgehead atoms. The largest absolute Gasteiger partial charge is 0.468 e. The number of carbonyl (C=O) groups excluding carboxylic acids is 1. The number of fused-ring (bicyclic) bond motifs is 1. The zero-order valence-electron chi connectivity index (χ0n) is 11.2. The van der Waals surface area contributed by atoms with Gasteiger partial charge in [0.15, 0.2) is 0 Å². The molecule has 1 aromatic carbocycles. The second kappa shape index (κ2) is 4.94. The molecule has 0 saturated carbocycles. The summed E-state index contributed by atoms with van der Waals surface area (Å²) in [7, 11) is 1.46. The van der Waals surface area contributed by atoms with Crippen LogP contribution in [0.25, 0.3) is 0 Å². The zero-order valence-corrected chi connectivity index (χ0v) is 11.2. The molecule has 1 aromatic rings. The second-order valence-corrected chi connectivity index (χ2v) is 5.41. The number of nitrogens with zero attached hydrogens (tertiary/aromatic N) is 1. The van der Waals surface area contributed by atoms with Crippen LogP contribution in [-0.4, -0.2) is 43.8 Å². The topological polar surface area (TPSA) is 38.8 Å². The Morgan fingerprint density at radius 2 is 2.26 bits per heavy atom. The van der Waals surface area contributed by atoms with Crippen molar-refractivity contribution in [2.45, 2.75) is 19.1 Å². The van der Waals surface area contributed by atoms with Gasteiger partial charge >= 0.3 is 5.97 Å². The molecule has 0 N–H and O–H groups in total. The second-order valence-electron chi connectivity index (χ2n) is 5.41. The van der Waals surface area contributed by atoms with E-state index in [1.807, 2.05) is 18.2 Å². The molecule has 2 aliphatic heterocycles. The number of carbonyl (C=O) groups is 1. The minimum Gasteiger partial charge on any atom is -0.468 e. The third kappa shape index (κ3) is 2.15. The zero-order chi connectivity index (χ0) is 13.3. The van der Waals surface area contributed by atoms with E-state index in [1.165, 1.54) is 12.7 Å².